The van der Waals surface area contributed by atoms with E-state index in [1.165, 1.54) is 33.3 Å². The van der Waals surface area contributed by atoms with Crippen molar-refractivity contribution in [3.05, 3.63) is 29.6 Å². The van der Waals surface area contributed by atoms with Crippen molar-refractivity contribution in [1.82, 2.24) is 14.9 Å². The van der Waals surface area contributed by atoms with E-state index in [1.54, 1.807) is 0 Å². The number of sulfonamides is 1. The Morgan fingerprint density at radius 2 is 1.91 bits per heavy atom. The minimum absolute atomic E-state index is 0.0875. The van der Waals surface area contributed by atoms with Crippen LogP contribution < -0.4 is 16.0 Å². The number of urea groups is 1. The Labute approximate surface area is 134 Å². The Hall–Kier alpha value is -2.20. The molecule has 0 aliphatic rings. The summed E-state index contributed by atoms with van der Waals surface area (Å²) in [6.07, 6.45) is 0. The first-order chi connectivity index (χ1) is 10.7. The summed E-state index contributed by atoms with van der Waals surface area (Å²) in [7, 11) is 0.750. The molecule has 3 amide bonds. The molecule has 0 bridgehead atoms. The molecule has 0 saturated heterocycles. The van der Waals surface area contributed by atoms with Gasteiger partial charge in [0.05, 0.1) is 11.3 Å². The van der Waals surface area contributed by atoms with Crippen molar-refractivity contribution in [3.63, 3.8) is 0 Å². The summed E-state index contributed by atoms with van der Waals surface area (Å²) in [5, 5.41) is 7.05. The molecule has 8 nitrogen and oxygen atoms in total. The second-order valence-electron chi connectivity index (χ2n) is 4.75. The number of nitrogens with one attached hydrogen (secondary N) is 3. The maximum atomic E-state index is 13.5. The van der Waals surface area contributed by atoms with Crippen LogP contribution in [0, 0.1) is 5.82 Å². The molecule has 0 unspecified atom stereocenters. The average molecular weight is 346 g/mol. The lowest BCUT2D eigenvalue weighted by molar-refractivity contribution is 0.0959. The maximum absolute atomic E-state index is 13.5. The first-order valence-electron chi connectivity index (χ1n) is 6.64. The Bertz CT molecular complexity index is 691. The van der Waals surface area contributed by atoms with Crippen LogP contribution in [-0.4, -0.2) is 58.1 Å². The standard InChI is InChI=1S/C13H19FN4O4S/c1-15-12(19)10-8-9(4-5-11(10)14)17-13(20)16-6-7-23(21,22)18(2)3/h4-5,8H,6-7H2,1-3H3,(H,15,19)(H2,16,17,20). The lowest BCUT2D eigenvalue weighted by Crippen LogP contribution is -2.36. The van der Waals surface area contributed by atoms with Crippen molar-refractivity contribution in [2.45, 2.75) is 0 Å². The van der Waals surface area contributed by atoms with Gasteiger partial charge in [0.15, 0.2) is 0 Å². The molecule has 128 valence electrons. The lowest BCUT2D eigenvalue weighted by Gasteiger charge is -2.12. The van der Waals surface area contributed by atoms with Crippen molar-refractivity contribution < 1.29 is 22.4 Å². The third kappa shape index (κ3) is 5.49. The highest BCUT2D eigenvalue weighted by Gasteiger charge is 2.14. The molecule has 0 aromatic heterocycles. The quantitative estimate of drug-likeness (QED) is 0.684. The van der Waals surface area contributed by atoms with Gasteiger partial charge < -0.3 is 16.0 Å². The number of halogens is 1. The Morgan fingerprint density at radius 1 is 1.26 bits per heavy atom. The predicted molar refractivity (Wildman–Crippen MR) is 84.3 cm³/mol. The molecule has 0 atom stereocenters. The summed E-state index contributed by atoms with van der Waals surface area (Å²) < 4.78 is 37.6. The Morgan fingerprint density at radius 3 is 2.48 bits per heavy atom. The second-order valence-corrected chi connectivity index (χ2v) is 7.06. The molecule has 0 aliphatic heterocycles. The summed E-state index contributed by atoms with van der Waals surface area (Å²) in [5.41, 5.74) is -0.00143. The van der Waals surface area contributed by atoms with Crippen LogP contribution in [-0.2, 0) is 10.0 Å². The van der Waals surface area contributed by atoms with Gasteiger partial charge in [-0.1, -0.05) is 0 Å². The molecule has 0 saturated carbocycles. The van der Waals surface area contributed by atoms with Gasteiger partial charge >= 0.3 is 6.03 Å². The highest BCUT2D eigenvalue weighted by molar-refractivity contribution is 7.89. The van der Waals surface area contributed by atoms with Crippen LogP contribution in [0.4, 0.5) is 14.9 Å². The summed E-state index contributed by atoms with van der Waals surface area (Å²) in [5.74, 6) is -1.59. The topological polar surface area (TPSA) is 108 Å². The largest absolute Gasteiger partial charge is 0.355 e. The van der Waals surface area contributed by atoms with Gasteiger partial charge in [-0.25, -0.2) is 21.9 Å². The second kappa shape index (κ2) is 7.88. The number of nitrogens with zero attached hydrogens (tertiary/aromatic N) is 1. The van der Waals surface area contributed by atoms with E-state index < -0.39 is 27.8 Å². The van der Waals surface area contributed by atoms with Gasteiger partial charge in [-0.3, -0.25) is 4.79 Å². The van der Waals surface area contributed by atoms with Gasteiger partial charge in [0.1, 0.15) is 5.82 Å². The molecule has 0 spiro atoms. The van der Waals surface area contributed by atoms with Gasteiger partial charge in [-0.05, 0) is 18.2 Å². The van der Waals surface area contributed by atoms with Crippen molar-refractivity contribution in [2.75, 3.05) is 38.8 Å². The number of amides is 3. The zero-order chi connectivity index (χ0) is 17.6. The van der Waals surface area contributed by atoms with E-state index in [1.807, 2.05) is 0 Å². The summed E-state index contributed by atoms with van der Waals surface area (Å²) >= 11 is 0. The third-order valence-electron chi connectivity index (χ3n) is 2.90. The fourth-order valence-electron chi connectivity index (χ4n) is 1.56. The fraction of sp³-hybridized carbons (Fsp3) is 0.385. The lowest BCUT2D eigenvalue weighted by atomic mass is 10.1. The molecule has 1 aromatic carbocycles. The molecular weight excluding hydrogens is 327 g/mol. The van der Waals surface area contributed by atoms with Crippen LogP contribution in [0.2, 0.25) is 0 Å². The SMILES string of the molecule is CNC(=O)c1cc(NC(=O)NCCS(=O)(=O)N(C)C)ccc1F. The third-order valence-corrected chi connectivity index (χ3v) is 4.73. The predicted octanol–water partition coefficient (Wildman–Crippen LogP) is 0.198. The van der Waals surface area contributed by atoms with Crippen molar-refractivity contribution in [2.24, 2.45) is 0 Å². The van der Waals surface area contributed by atoms with Crippen LogP contribution >= 0.6 is 0 Å². The normalized spacial score (nSPS) is 11.2. The Balaban J connectivity index is 2.63. The van der Waals surface area contributed by atoms with Crippen molar-refractivity contribution in [1.29, 1.82) is 0 Å². The van der Waals surface area contributed by atoms with Crippen LogP contribution in [0.25, 0.3) is 0 Å². The van der Waals surface area contributed by atoms with Crippen LogP contribution in [0.1, 0.15) is 10.4 Å². The first-order valence-corrected chi connectivity index (χ1v) is 8.25. The van der Waals surface area contributed by atoms with E-state index in [0.717, 1.165) is 10.4 Å². The summed E-state index contributed by atoms with van der Waals surface area (Å²) in [4.78, 5) is 23.1. The molecule has 0 aliphatic carbocycles. The number of carbonyl (C=O) groups is 2. The zero-order valence-corrected chi connectivity index (χ0v) is 13.8. The van der Waals surface area contributed by atoms with E-state index in [-0.39, 0.29) is 23.5 Å². The fourth-order valence-corrected chi connectivity index (χ4v) is 2.29. The number of anilines is 1. The minimum atomic E-state index is -3.41. The number of rotatable bonds is 6. The van der Waals surface area contributed by atoms with Gasteiger partial charge in [-0.15, -0.1) is 0 Å². The van der Waals surface area contributed by atoms with E-state index >= 15 is 0 Å². The van der Waals surface area contributed by atoms with Gasteiger partial charge in [-0.2, -0.15) is 0 Å². The molecule has 23 heavy (non-hydrogen) atoms. The molecule has 0 heterocycles. The van der Waals surface area contributed by atoms with E-state index in [0.29, 0.717) is 0 Å². The number of carbonyl (C=O) groups excluding carboxylic acids is 2. The van der Waals surface area contributed by atoms with Crippen molar-refractivity contribution in [3.8, 4) is 0 Å². The monoisotopic (exact) mass is 346 g/mol. The molecule has 1 aromatic rings. The van der Waals surface area contributed by atoms with Crippen LogP contribution in [0.15, 0.2) is 18.2 Å². The van der Waals surface area contributed by atoms with Gasteiger partial charge in [0, 0.05) is 33.4 Å². The van der Waals surface area contributed by atoms with E-state index in [4.69, 9.17) is 0 Å². The summed E-state index contributed by atoms with van der Waals surface area (Å²) in [6, 6.07) is 2.87. The van der Waals surface area contributed by atoms with Crippen LogP contribution in [0.5, 0.6) is 0 Å². The summed E-state index contributed by atoms with van der Waals surface area (Å²) in [6.45, 7) is -0.0875. The number of hydrogen-bond donors (Lipinski definition) is 3. The molecule has 1 rings (SSSR count). The number of hydrogen-bond acceptors (Lipinski definition) is 4. The number of benzene rings is 1. The molecule has 0 radical (unpaired) electrons. The van der Waals surface area contributed by atoms with Gasteiger partial charge in [0.25, 0.3) is 5.91 Å². The first kappa shape index (κ1) is 18.8. The molecular formula is C13H19FN4O4S. The average Bonchev–Trinajstić information content (AvgIpc) is 2.48. The molecule has 3 N–H and O–H groups in total. The highest BCUT2D eigenvalue weighted by atomic mass is 32.2. The maximum Gasteiger partial charge on any atom is 0.319 e. The van der Waals surface area contributed by atoms with E-state index in [2.05, 4.69) is 16.0 Å². The highest BCUT2D eigenvalue weighted by Crippen LogP contribution is 2.14. The smallest absolute Gasteiger partial charge is 0.319 e. The molecule has 10 heteroatoms. The van der Waals surface area contributed by atoms with Crippen LogP contribution in [0.3, 0.4) is 0 Å². The van der Waals surface area contributed by atoms with Crippen molar-refractivity contribution >= 4 is 27.6 Å². The Kier molecular flexibility index (Phi) is 6.46. The van der Waals surface area contributed by atoms with E-state index in [9.17, 15) is 22.4 Å². The minimum Gasteiger partial charge on any atom is -0.355 e. The zero-order valence-electron chi connectivity index (χ0n) is 13.0. The van der Waals surface area contributed by atoms with Gasteiger partial charge in [0.2, 0.25) is 10.0 Å². The molecule has 0 fully saturated rings.